The van der Waals surface area contributed by atoms with E-state index in [9.17, 15) is 9.18 Å². The van der Waals surface area contributed by atoms with E-state index in [0.29, 0.717) is 0 Å². The molecule has 0 saturated carbocycles. The Hall–Kier alpha value is -2.28. The molecule has 20 heavy (non-hydrogen) atoms. The third kappa shape index (κ3) is 2.83. The molecule has 1 aromatic heterocycles. The maximum absolute atomic E-state index is 14.2. The van der Waals surface area contributed by atoms with Gasteiger partial charge in [-0.2, -0.15) is 0 Å². The number of ether oxygens (including phenoxy) is 1. The highest BCUT2D eigenvalue weighted by Crippen LogP contribution is 2.14. The number of nitrogens with two attached hydrogens (primary N) is 1. The Morgan fingerprint density at radius 3 is 2.85 bits per heavy atom. The zero-order chi connectivity index (χ0) is 14.7. The topological polar surface area (TPSA) is 70.1 Å². The molecule has 0 saturated heterocycles. The fourth-order valence-corrected chi connectivity index (χ4v) is 1.86. The standard InChI is InChI=1S/C13H12FN3O2S/c1-19-10-5-6-11(18)17(16-10)7-8-3-2-4-9(12(8)14)13(15)20/h2-6H,7H2,1H3,(H2,15,20). The zero-order valence-corrected chi connectivity index (χ0v) is 11.5. The minimum absolute atomic E-state index is 0.0294. The predicted octanol–water partition coefficient (Wildman–Crippen LogP) is 1.07. The second-order valence-corrected chi connectivity index (χ2v) is 4.45. The molecule has 2 rings (SSSR count). The van der Waals surface area contributed by atoms with Crippen LogP contribution in [0.15, 0.2) is 35.1 Å². The lowest BCUT2D eigenvalue weighted by Crippen LogP contribution is -2.23. The van der Waals surface area contributed by atoms with Gasteiger partial charge in [0, 0.05) is 23.3 Å². The van der Waals surface area contributed by atoms with E-state index in [1.54, 1.807) is 12.1 Å². The van der Waals surface area contributed by atoms with Crippen molar-refractivity contribution in [1.29, 1.82) is 0 Å². The van der Waals surface area contributed by atoms with Crippen LogP contribution < -0.4 is 16.0 Å². The van der Waals surface area contributed by atoms with Crippen LogP contribution in [0, 0.1) is 5.82 Å². The van der Waals surface area contributed by atoms with E-state index >= 15 is 0 Å². The number of benzene rings is 1. The van der Waals surface area contributed by atoms with Gasteiger partial charge in [0.05, 0.1) is 13.7 Å². The van der Waals surface area contributed by atoms with Crippen molar-refractivity contribution >= 4 is 17.2 Å². The second-order valence-electron chi connectivity index (χ2n) is 4.01. The van der Waals surface area contributed by atoms with Crippen LogP contribution in [0.5, 0.6) is 5.88 Å². The summed E-state index contributed by atoms with van der Waals surface area (Å²) in [5.74, 6) is -0.271. The summed E-state index contributed by atoms with van der Waals surface area (Å²) >= 11 is 4.77. The molecule has 5 nitrogen and oxygen atoms in total. The molecule has 0 fully saturated rings. The van der Waals surface area contributed by atoms with Gasteiger partial charge in [0.1, 0.15) is 10.8 Å². The quantitative estimate of drug-likeness (QED) is 0.854. The maximum Gasteiger partial charge on any atom is 0.267 e. The summed E-state index contributed by atoms with van der Waals surface area (Å²) in [4.78, 5) is 11.7. The number of halogens is 1. The van der Waals surface area contributed by atoms with Crippen LogP contribution in [0.1, 0.15) is 11.1 Å². The van der Waals surface area contributed by atoms with Crippen LogP contribution in [0.2, 0.25) is 0 Å². The van der Waals surface area contributed by atoms with E-state index < -0.39 is 5.82 Å². The average Bonchev–Trinajstić information content (AvgIpc) is 2.43. The van der Waals surface area contributed by atoms with Gasteiger partial charge in [0.25, 0.3) is 5.56 Å². The number of aromatic nitrogens is 2. The number of methoxy groups -OCH3 is 1. The van der Waals surface area contributed by atoms with Gasteiger partial charge in [0.2, 0.25) is 5.88 Å². The SMILES string of the molecule is COc1ccc(=O)n(Cc2cccc(C(N)=S)c2F)n1. The molecule has 1 aromatic carbocycles. The van der Waals surface area contributed by atoms with Crippen LogP contribution in [-0.2, 0) is 6.54 Å². The van der Waals surface area contributed by atoms with Crippen LogP contribution in [-0.4, -0.2) is 21.9 Å². The first-order chi connectivity index (χ1) is 9.52. The first-order valence-electron chi connectivity index (χ1n) is 5.72. The molecule has 0 bridgehead atoms. The van der Waals surface area contributed by atoms with Gasteiger partial charge in [-0.05, 0) is 6.07 Å². The molecule has 0 aliphatic carbocycles. The molecule has 2 aromatic rings. The van der Waals surface area contributed by atoms with E-state index in [1.807, 2.05) is 0 Å². The molecule has 7 heteroatoms. The fourth-order valence-electron chi connectivity index (χ4n) is 1.71. The highest BCUT2D eigenvalue weighted by Gasteiger charge is 2.11. The Bertz CT molecular complexity index is 715. The fraction of sp³-hybridized carbons (Fsp3) is 0.154. The lowest BCUT2D eigenvalue weighted by Gasteiger charge is -2.09. The first-order valence-corrected chi connectivity index (χ1v) is 6.13. The Morgan fingerprint density at radius 2 is 2.20 bits per heavy atom. The summed E-state index contributed by atoms with van der Waals surface area (Å²) < 4.78 is 20.2. The largest absolute Gasteiger partial charge is 0.480 e. The van der Waals surface area contributed by atoms with Crippen LogP contribution in [0.4, 0.5) is 4.39 Å². The number of thiocarbonyl (C=S) groups is 1. The molecular formula is C13H12FN3O2S. The van der Waals surface area contributed by atoms with Gasteiger partial charge in [-0.1, -0.05) is 24.4 Å². The van der Waals surface area contributed by atoms with Gasteiger partial charge in [0.15, 0.2) is 0 Å². The summed E-state index contributed by atoms with van der Waals surface area (Å²) in [5.41, 5.74) is 5.51. The van der Waals surface area contributed by atoms with Crippen LogP contribution >= 0.6 is 12.2 Å². The monoisotopic (exact) mass is 293 g/mol. The smallest absolute Gasteiger partial charge is 0.267 e. The van der Waals surface area contributed by atoms with Gasteiger partial charge in [-0.3, -0.25) is 4.79 Å². The molecule has 2 N–H and O–H groups in total. The predicted molar refractivity (Wildman–Crippen MR) is 76.4 cm³/mol. The van der Waals surface area contributed by atoms with E-state index in [-0.39, 0.29) is 34.1 Å². The Morgan fingerprint density at radius 1 is 1.45 bits per heavy atom. The first kappa shape index (κ1) is 14.1. The summed E-state index contributed by atoms with van der Waals surface area (Å²) in [5, 5.41) is 3.95. The minimum atomic E-state index is -0.545. The lowest BCUT2D eigenvalue weighted by molar-refractivity contribution is 0.378. The maximum atomic E-state index is 14.2. The molecular weight excluding hydrogens is 281 g/mol. The molecule has 1 heterocycles. The summed E-state index contributed by atoms with van der Waals surface area (Å²) in [7, 11) is 1.44. The van der Waals surface area contributed by atoms with Gasteiger partial charge in [-0.25, -0.2) is 9.07 Å². The summed E-state index contributed by atoms with van der Waals surface area (Å²) in [6.07, 6.45) is 0. The zero-order valence-electron chi connectivity index (χ0n) is 10.7. The molecule has 0 spiro atoms. The third-order valence-electron chi connectivity index (χ3n) is 2.72. The number of nitrogens with zero attached hydrogens (tertiary/aromatic N) is 2. The van der Waals surface area contributed by atoms with Crippen molar-refractivity contribution in [3.63, 3.8) is 0 Å². The van der Waals surface area contributed by atoms with Crippen molar-refractivity contribution in [2.45, 2.75) is 6.54 Å². The van der Waals surface area contributed by atoms with Crippen molar-refractivity contribution in [3.8, 4) is 5.88 Å². The van der Waals surface area contributed by atoms with E-state index in [0.717, 1.165) is 4.68 Å². The Balaban J connectivity index is 2.42. The summed E-state index contributed by atoms with van der Waals surface area (Å²) in [6.45, 7) is -0.0294. The molecule has 0 aliphatic heterocycles. The van der Waals surface area contributed by atoms with Crippen molar-refractivity contribution in [1.82, 2.24) is 9.78 Å². The van der Waals surface area contributed by atoms with Crippen LogP contribution in [0.25, 0.3) is 0 Å². The second kappa shape index (κ2) is 5.79. The minimum Gasteiger partial charge on any atom is -0.480 e. The van der Waals surface area contributed by atoms with Gasteiger partial charge >= 0.3 is 0 Å². The van der Waals surface area contributed by atoms with E-state index in [1.165, 1.54) is 25.3 Å². The van der Waals surface area contributed by atoms with Gasteiger partial charge < -0.3 is 10.5 Å². The van der Waals surface area contributed by atoms with Crippen molar-refractivity contribution in [3.05, 3.63) is 57.6 Å². The highest BCUT2D eigenvalue weighted by molar-refractivity contribution is 7.80. The Labute approximate surface area is 119 Å². The van der Waals surface area contributed by atoms with Crippen molar-refractivity contribution in [2.75, 3.05) is 7.11 Å². The van der Waals surface area contributed by atoms with Crippen molar-refractivity contribution in [2.24, 2.45) is 5.73 Å². The van der Waals surface area contributed by atoms with E-state index in [2.05, 4.69) is 5.10 Å². The average molecular weight is 293 g/mol. The Kier molecular flexibility index (Phi) is 4.09. The number of hydrogen-bond donors (Lipinski definition) is 1. The van der Waals surface area contributed by atoms with Crippen LogP contribution in [0.3, 0.4) is 0 Å². The number of rotatable bonds is 4. The molecule has 0 radical (unpaired) electrons. The third-order valence-corrected chi connectivity index (χ3v) is 2.94. The molecule has 0 aliphatic rings. The molecule has 104 valence electrons. The lowest BCUT2D eigenvalue weighted by atomic mass is 10.1. The number of hydrogen-bond acceptors (Lipinski definition) is 4. The summed E-state index contributed by atoms with van der Waals surface area (Å²) in [6, 6.07) is 7.41. The molecule has 0 unspecified atom stereocenters. The van der Waals surface area contributed by atoms with E-state index in [4.69, 9.17) is 22.7 Å². The van der Waals surface area contributed by atoms with Crippen molar-refractivity contribution < 1.29 is 9.13 Å². The normalized spacial score (nSPS) is 10.3. The molecule has 0 atom stereocenters. The highest BCUT2D eigenvalue weighted by atomic mass is 32.1. The molecule has 0 amide bonds. The van der Waals surface area contributed by atoms with Gasteiger partial charge in [-0.15, -0.1) is 5.10 Å².